The van der Waals surface area contributed by atoms with Crippen molar-refractivity contribution in [3.05, 3.63) is 23.8 Å². The van der Waals surface area contributed by atoms with E-state index in [0.29, 0.717) is 5.92 Å². The lowest BCUT2D eigenvalue weighted by atomic mass is 10.0. The van der Waals surface area contributed by atoms with Crippen LogP contribution >= 0.6 is 0 Å². The zero-order valence-corrected chi connectivity index (χ0v) is 13.4. The normalized spacial score (nSPS) is 12.2. The summed E-state index contributed by atoms with van der Waals surface area (Å²) in [4.78, 5) is 0. The summed E-state index contributed by atoms with van der Waals surface area (Å²) >= 11 is 0. The van der Waals surface area contributed by atoms with Crippen LogP contribution in [0.4, 0.5) is 0 Å². The summed E-state index contributed by atoms with van der Waals surface area (Å²) in [5.41, 5.74) is 1.21. The molecule has 0 saturated carbocycles. The van der Waals surface area contributed by atoms with Gasteiger partial charge in [0.25, 0.3) is 0 Å². The highest BCUT2D eigenvalue weighted by Gasteiger charge is 2.10. The van der Waals surface area contributed by atoms with Gasteiger partial charge in [-0.1, -0.05) is 39.2 Å². The van der Waals surface area contributed by atoms with Crippen LogP contribution in [0.3, 0.4) is 0 Å². The molecule has 0 saturated heterocycles. The van der Waals surface area contributed by atoms with Gasteiger partial charge in [0, 0.05) is 6.54 Å². The van der Waals surface area contributed by atoms with E-state index in [-0.39, 0.29) is 0 Å². The minimum atomic E-state index is 0.632. The molecule has 1 aromatic rings. The molecule has 0 aliphatic rings. The Bertz CT molecular complexity index is 379. The van der Waals surface area contributed by atoms with Gasteiger partial charge in [0.15, 0.2) is 11.5 Å². The van der Waals surface area contributed by atoms with Gasteiger partial charge < -0.3 is 14.8 Å². The van der Waals surface area contributed by atoms with Gasteiger partial charge in [-0.3, -0.25) is 0 Å². The molecule has 0 aliphatic carbocycles. The van der Waals surface area contributed by atoms with Crippen LogP contribution < -0.4 is 14.8 Å². The molecule has 114 valence electrons. The van der Waals surface area contributed by atoms with Crippen LogP contribution in [0.5, 0.6) is 11.5 Å². The number of hydrogen-bond acceptors (Lipinski definition) is 3. The van der Waals surface area contributed by atoms with E-state index >= 15 is 0 Å². The van der Waals surface area contributed by atoms with E-state index in [0.717, 1.165) is 24.7 Å². The van der Waals surface area contributed by atoms with Gasteiger partial charge in [-0.25, -0.2) is 0 Å². The highest BCUT2D eigenvalue weighted by atomic mass is 16.5. The molecule has 0 amide bonds. The monoisotopic (exact) mass is 279 g/mol. The first-order chi connectivity index (χ1) is 9.74. The van der Waals surface area contributed by atoms with Crippen molar-refractivity contribution in [2.45, 2.75) is 46.1 Å². The van der Waals surface area contributed by atoms with E-state index in [2.05, 4.69) is 31.3 Å². The fraction of sp³-hybridized carbons (Fsp3) is 0.647. The van der Waals surface area contributed by atoms with E-state index in [1.807, 2.05) is 13.1 Å². The molecule has 0 radical (unpaired) electrons. The van der Waals surface area contributed by atoms with Crippen molar-refractivity contribution < 1.29 is 9.47 Å². The maximum absolute atomic E-state index is 6.01. The van der Waals surface area contributed by atoms with Crippen LogP contribution in [0, 0.1) is 5.92 Å². The van der Waals surface area contributed by atoms with E-state index in [4.69, 9.17) is 9.47 Å². The van der Waals surface area contributed by atoms with E-state index in [1.54, 1.807) is 7.11 Å². The molecule has 1 atom stereocenters. The van der Waals surface area contributed by atoms with E-state index in [9.17, 15) is 0 Å². The Hall–Kier alpha value is -1.22. The lowest BCUT2D eigenvalue weighted by Crippen LogP contribution is -2.12. The summed E-state index contributed by atoms with van der Waals surface area (Å²) in [7, 11) is 3.64. The van der Waals surface area contributed by atoms with Crippen molar-refractivity contribution in [2.75, 3.05) is 20.8 Å². The second-order valence-corrected chi connectivity index (χ2v) is 5.24. The van der Waals surface area contributed by atoms with Crippen molar-refractivity contribution in [1.82, 2.24) is 5.32 Å². The molecule has 1 aromatic carbocycles. The lowest BCUT2D eigenvalue weighted by molar-refractivity contribution is 0.224. The zero-order valence-electron chi connectivity index (χ0n) is 13.4. The van der Waals surface area contributed by atoms with Gasteiger partial charge in [0.2, 0.25) is 0 Å². The Morgan fingerprint density at radius 2 is 2.00 bits per heavy atom. The highest BCUT2D eigenvalue weighted by molar-refractivity contribution is 5.42. The van der Waals surface area contributed by atoms with Gasteiger partial charge in [0.1, 0.15) is 0 Å². The predicted octanol–water partition coefficient (Wildman–Crippen LogP) is 4.01. The highest BCUT2D eigenvalue weighted by Crippen LogP contribution is 2.29. The van der Waals surface area contributed by atoms with Crippen molar-refractivity contribution in [1.29, 1.82) is 0 Å². The maximum Gasteiger partial charge on any atom is 0.161 e. The molecule has 1 N–H and O–H groups in total. The van der Waals surface area contributed by atoms with E-state index in [1.165, 1.54) is 31.2 Å². The third-order valence-corrected chi connectivity index (χ3v) is 3.63. The maximum atomic E-state index is 6.01. The fourth-order valence-electron chi connectivity index (χ4n) is 2.25. The molecule has 0 heterocycles. The summed E-state index contributed by atoms with van der Waals surface area (Å²) in [6.07, 6.45) is 4.93. The van der Waals surface area contributed by atoms with Gasteiger partial charge in [-0.15, -0.1) is 0 Å². The quantitative estimate of drug-likeness (QED) is 0.702. The fourth-order valence-corrected chi connectivity index (χ4v) is 2.25. The molecule has 1 rings (SSSR count). The molecule has 0 spiro atoms. The minimum Gasteiger partial charge on any atom is -0.493 e. The molecule has 3 heteroatoms. The number of methoxy groups -OCH3 is 1. The molecule has 0 bridgehead atoms. The van der Waals surface area contributed by atoms with Crippen molar-refractivity contribution in [2.24, 2.45) is 5.92 Å². The summed E-state index contributed by atoms with van der Waals surface area (Å²) in [6, 6.07) is 6.12. The molecular weight excluding hydrogens is 250 g/mol. The van der Waals surface area contributed by atoms with Crippen molar-refractivity contribution in [3.8, 4) is 11.5 Å². The first-order valence-electron chi connectivity index (χ1n) is 7.69. The summed E-state index contributed by atoms with van der Waals surface area (Å²) in [5, 5.41) is 3.16. The average molecular weight is 279 g/mol. The first-order valence-corrected chi connectivity index (χ1v) is 7.69. The Morgan fingerprint density at radius 1 is 1.20 bits per heavy atom. The summed E-state index contributed by atoms with van der Waals surface area (Å²) < 4.78 is 11.4. The summed E-state index contributed by atoms with van der Waals surface area (Å²) in [5.74, 6) is 2.30. The molecule has 3 nitrogen and oxygen atoms in total. The van der Waals surface area contributed by atoms with Crippen LogP contribution in [0.1, 0.15) is 45.1 Å². The largest absolute Gasteiger partial charge is 0.493 e. The van der Waals surface area contributed by atoms with Gasteiger partial charge >= 0.3 is 0 Å². The first kappa shape index (κ1) is 16.8. The SMILES string of the molecule is CCCCC(CC)COc1cc(CNC)ccc1OC. The minimum absolute atomic E-state index is 0.632. The smallest absolute Gasteiger partial charge is 0.161 e. The van der Waals surface area contributed by atoms with Crippen LogP contribution in [-0.2, 0) is 6.54 Å². The molecule has 0 aliphatic heterocycles. The van der Waals surface area contributed by atoms with Crippen LogP contribution in [0.25, 0.3) is 0 Å². The molecular formula is C17H29NO2. The molecule has 0 aromatic heterocycles. The average Bonchev–Trinajstić information content (AvgIpc) is 2.48. The Balaban J connectivity index is 2.66. The molecule has 20 heavy (non-hydrogen) atoms. The number of rotatable bonds is 10. The zero-order chi connectivity index (χ0) is 14.8. The standard InChI is InChI=1S/C17H29NO2/c1-5-7-8-14(6-2)13-20-17-11-15(12-18-3)9-10-16(17)19-4/h9-11,14,18H,5-8,12-13H2,1-4H3. The van der Waals surface area contributed by atoms with Crippen molar-refractivity contribution in [3.63, 3.8) is 0 Å². The second kappa shape index (κ2) is 9.65. The van der Waals surface area contributed by atoms with Gasteiger partial charge in [0.05, 0.1) is 13.7 Å². The number of nitrogens with one attached hydrogen (secondary N) is 1. The lowest BCUT2D eigenvalue weighted by Gasteiger charge is -2.17. The topological polar surface area (TPSA) is 30.5 Å². The Labute approximate surface area is 123 Å². The number of hydrogen-bond donors (Lipinski definition) is 1. The van der Waals surface area contributed by atoms with Crippen molar-refractivity contribution >= 4 is 0 Å². The Morgan fingerprint density at radius 3 is 2.60 bits per heavy atom. The second-order valence-electron chi connectivity index (χ2n) is 5.24. The van der Waals surface area contributed by atoms with Gasteiger partial charge in [-0.2, -0.15) is 0 Å². The predicted molar refractivity (Wildman–Crippen MR) is 84.6 cm³/mol. The number of benzene rings is 1. The third-order valence-electron chi connectivity index (χ3n) is 3.63. The summed E-state index contributed by atoms with van der Waals surface area (Å²) in [6.45, 7) is 6.08. The van der Waals surface area contributed by atoms with Crippen LogP contribution in [-0.4, -0.2) is 20.8 Å². The third kappa shape index (κ3) is 5.41. The van der Waals surface area contributed by atoms with Crippen LogP contribution in [0.2, 0.25) is 0 Å². The Kier molecular flexibility index (Phi) is 8.12. The number of ether oxygens (including phenoxy) is 2. The number of unbranched alkanes of at least 4 members (excludes halogenated alkanes) is 1. The molecule has 0 fully saturated rings. The van der Waals surface area contributed by atoms with E-state index < -0.39 is 0 Å². The van der Waals surface area contributed by atoms with Gasteiger partial charge in [-0.05, 0) is 37.1 Å². The van der Waals surface area contributed by atoms with Crippen LogP contribution in [0.15, 0.2) is 18.2 Å². The molecule has 1 unspecified atom stereocenters.